The lowest BCUT2D eigenvalue weighted by molar-refractivity contribution is -0.383. The zero-order valence-corrected chi connectivity index (χ0v) is 12.7. The number of para-hydroxylation sites is 1. The summed E-state index contributed by atoms with van der Waals surface area (Å²) in [5, 5.41) is 14.7. The minimum absolute atomic E-state index is 0.0827. The summed E-state index contributed by atoms with van der Waals surface area (Å²) in [6.07, 6.45) is 1.89. The van der Waals surface area contributed by atoms with Crippen molar-refractivity contribution in [2.75, 3.05) is 36.5 Å². The van der Waals surface area contributed by atoms with E-state index in [0.29, 0.717) is 24.5 Å². The Hall–Kier alpha value is -1.82. The van der Waals surface area contributed by atoms with Gasteiger partial charge < -0.3 is 15.0 Å². The lowest BCUT2D eigenvalue weighted by Gasteiger charge is -2.24. The Labute approximate surface area is 125 Å². The second kappa shape index (κ2) is 7.26. The first-order valence-electron chi connectivity index (χ1n) is 7.51. The van der Waals surface area contributed by atoms with Crippen LogP contribution in [0.2, 0.25) is 0 Å². The smallest absolute Gasteiger partial charge is 0.315 e. The number of ether oxygens (including phenoxy) is 1. The van der Waals surface area contributed by atoms with E-state index in [1.807, 2.05) is 26.0 Å². The van der Waals surface area contributed by atoms with Crippen LogP contribution in [0.15, 0.2) is 18.2 Å². The molecule has 0 aliphatic carbocycles. The van der Waals surface area contributed by atoms with Crippen molar-refractivity contribution in [1.29, 1.82) is 0 Å². The van der Waals surface area contributed by atoms with Crippen molar-refractivity contribution in [2.24, 2.45) is 0 Å². The molecule has 0 amide bonds. The summed E-state index contributed by atoms with van der Waals surface area (Å²) in [5.74, 6) is 0. The van der Waals surface area contributed by atoms with E-state index >= 15 is 0 Å². The molecule has 1 atom stereocenters. The molecule has 1 aliphatic heterocycles. The highest BCUT2D eigenvalue weighted by atomic mass is 16.6. The number of nitro benzene ring substituents is 1. The van der Waals surface area contributed by atoms with Crippen molar-refractivity contribution in [3.05, 3.63) is 28.3 Å². The van der Waals surface area contributed by atoms with Crippen LogP contribution in [0.3, 0.4) is 0 Å². The van der Waals surface area contributed by atoms with E-state index in [1.54, 1.807) is 6.07 Å². The Balaban J connectivity index is 2.34. The average molecular weight is 293 g/mol. The fraction of sp³-hybridized carbons (Fsp3) is 0.600. The van der Waals surface area contributed by atoms with Gasteiger partial charge in [-0.2, -0.15) is 0 Å². The van der Waals surface area contributed by atoms with Crippen molar-refractivity contribution < 1.29 is 9.66 Å². The standard InChI is InChI=1S/C15H23N3O3/c1-3-8-16-13-6-4-7-14(15(13)18(19)20)17-9-5-10-21-12(2)11-17/h4,6-7,12,16H,3,5,8-11H2,1-2H3. The van der Waals surface area contributed by atoms with Gasteiger partial charge in [0.1, 0.15) is 11.4 Å². The molecule has 1 fully saturated rings. The molecule has 0 radical (unpaired) electrons. The summed E-state index contributed by atoms with van der Waals surface area (Å²) in [7, 11) is 0. The maximum Gasteiger partial charge on any atom is 0.315 e. The monoisotopic (exact) mass is 293 g/mol. The normalized spacial score (nSPS) is 19.1. The Bertz CT molecular complexity index is 493. The van der Waals surface area contributed by atoms with E-state index in [2.05, 4.69) is 10.2 Å². The lowest BCUT2D eigenvalue weighted by atomic mass is 10.2. The first kappa shape index (κ1) is 15.6. The Morgan fingerprint density at radius 3 is 3.05 bits per heavy atom. The molecule has 116 valence electrons. The minimum Gasteiger partial charge on any atom is -0.379 e. The topological polar surface area (TPSA) is 67.6 Å². The summed E-state index contributed by atoms with van der Waals surface area (Å²) in [5.41, 5.74) is 1.44. The highest BCUT2D eigenvalue weighted by Crippen LogP contribution is 2.36. The third kappa shape index (κ3) is 3.85. The first-order valence-corrected chi connectivity index (χ1v) is 7.51. The second-order valence-corrected chi connectivity index (χ2v) is 5.34. The van der Waals surface area contributed by atoms with Crippen LogP contribution in [0.25, 0.3) is 0 Å². The van der Waals surface area contributed by atoms with Crippen LogP contribution in [0.5, 0.6) is 0 Å². The molecule has 1 saturated heterocycles. The van der Waals surface area contributed by atoms with Crippen LogP contribution < -0.4 is 10.2 Å². The molecule has 1 aromatic rings. The maximum absolute atomic E-state index is 11.5. The van der Waals surface area contributed by atoms with E-state index in [9.17, 15) is 10.1 Å². The third-order valence-corrected chi connectivity index (χ3v) is 3.56. The maximum atomic E-state index is 11.5. The van der Waals surface area contributed by atoms with Gasteiger partial charge in [-0.05, 0) is 31.9 Å². The number of nitrogens with one attached hydrogen (secondary N) is 1. The van der Waals surface area contributed by atoms with Crippen LogP contribution in [0.4, 0.5) is 17.1 Å². The molecule has 21 heavy (non-hydrogen) atoms. The zero-order valence-electron chi connectivity index (χ0n) is 12.7. The Morgan fingerprint density at radius 2 is 2.33 bits per heavy atom. The molecule has 0 bridgehead atoms. The van der Waals surface area contributed by atoms with E-state index in [4.69, 9.17) is 4.74 Å². The molecule has 2 rings (SSSR count). The summed E-state index contributed by atoms with van der Waals surface area (Å²) in [4.78, 5) is 13.3. The van der Waals surface area contributed by atoms with Gasteiger partial charge in [0.15, 0.2) is 0 Å². The summed E-state index contributed by atoms with van der Waals surface area (Å²) >= 11 is 0. The lowest BCUT2D eigenvalue weighted by Crippen LogP contribution is -2.30. The number of nitro groups is 1. The molecule has 1 aromatic carbocycles. The average Bonchev–Trinajstić information content (AvgIpc) is 2.69. The van der Waals surface area contributed by atoms with Gasteiger partial charge >= 0.3 is 5.69 Å². The molecule has 1 unspecified atom stereocenters. The molecule has 1 N–H and O–H groups in total. The van der Waals surface area contributed by atoms with Gasteiger partial charge in [-0.25, -0.2) is 0 Å². The predicted octanol–water partition coefficient (Wildman–Crippen LogP) is 3.03. The minimum atomic E-state index is -0.288. The molecular formula is C15H23N3O3. The van der Waals surface area contributed by atoms with Crippen LogP contribution in [-0.4, -0.2) is 37.3 Å². The van der Waals surface area contributed by atoms with Crippen molar-refractivity contribution in [2.45, 2.75) is 32.8 Å². The van der Waals surface area contributed by atoms with Crippen molar-refractivity contribution >= 4 is 17.1 Å². The van der Waals surface area contributed by atoms with Crippen LogP contribution in [-0.2, 0) is 4.74 Å². The first-order chi connectivity index (χ1) is 10.1. The molecule has 1 heterocycles. The largest absolute Gasteiger partial charge is 0.379 e. The number of anilines is 2. The van der Waals surface area contributed by atoms with E-state index < -0.39 is 0 Å². The molecule has 6 heteroatoms. The molecule has 0 saturated carbocycles. The fourth-order valence-electron chi connectivity index (χ4n) is 2.59. The van der Waals surface area contributed by atoms with Crippen LogP contribution >= 0.6 is 0 Å². The summed E-state index contributed by atoms with van der Waals surface area (Å²) in [6.45, 7) is 6.93. The number of hydrogen-bond acceptors (Lipinski definition) is 5. The third-order valence-electron chi connectivity index (χ3n) is 3.56. The van der Waals surface area contributed by atoms with Gasteiger partial charge in [-0.1, -0.05) is 13.0 Å². The number of hydrogen-bond donors (Lipinski definition) is 1. The van der Waals surface area contributed by atoms with E-state index in [-0.39, 0.29) is 16.7 Å². The number of nitrogens with zero attached hydrogens (tertiary/aromatic N) is 2. The van der Waals surface area contributed by atoms with Gasteiger partial charge in [-0.15, -0.1) is 0 Å². The van der Waals surface area contributed by atoms with Gasteiger partial charge in [0.05, 0.1) is 11.0 Å². The molecular weight excluding hydrogens is 270 g/mol. The molecule has 6 nitrogen and oxygen atoms in total. The highest BCUT2D eigenvalue weighted by molar-refractivity contribution is 5.77. The Morgan fingerprint density at radius 1 is 1.52 bits per heavy atom. The molecule has 0 aromatic heterocycles. The fourth-order valence-corrected chi connectivity index (χ4v) is 2.59. The zero-order chi connectivity index (χ0) is 15.2. The predicted molar refractivity (Wildman–Crippen MR) is 84.1 cm³/mol. The SMILES string of the molecule is CCCNc1cccc(N2CCCOC(C)C2)c1[N+](=O)[O-]. The Kier molecular flexibility index (Phi) is 5.38. The van der Waals surface area contributed by atoms with E-state index in [0.717, 1.165) is 25.9 Å². The van der Waals surface area contributed by atoms with Gasteiger partial charge in [0.2, 0.25) is 0 Å². The second-order valence-electron chi connectivity index (χ2n) is 5.34. The van der Waals surface area contributed by atoms with Gasteiger partial charge in [0.25, 0.3) is 0 Å². The van der Waals surface area contributed by atoms with Crippen LogP contribution in [0, 0.1) is 10.1 Å². The van der Waals surface area contributed by atoms with Gasteiger partial charge in [0, 0.05) is 26.2 Å². The van der Waals surface area contributed by atoms with Gasteiger partial charge in [-0.3, -0.25) is 10.1 Å². The van der Waals surface area contributed by atoms with Crippen LogP contribution in [0.1, 0.15) is 26.7 Å². The van der Waals surface area contributed by atoms with E-state index in [1.165, 1.54) is 0 Å². The number of benzene rings is 1. The van der Waals surface area contributed by atoms with Crippen molar-refractivity contribution in [3.63, 3.8) is 0 Å². The summed E-state index contributed by atoms with van der Waals surface area (Å²) in [6, 6.07) is 5.47. The van der Waals surface area contributed by atoms with Crippen molar-refractivity contribution in [3.8, 4) is 0 Å². The van der Waals surface area contributed by atoms with Crippen molar-refractivity contribution in [1.82, 2.24) is 0 Å². The molecule has 1 aliphatic rings. The summed E-state index contributed by atoms with van der Waals surface area (Å²) < 4.78 is 5.62. The number of rotatable bonds is 5. The highest BCUT2D eigenvalue weighted by Gasteiger charge is 2.25. The molecule has 0 spiro atoms. The quantitative estimate of drug-likeness (QED) is 0.667.